The van der Waals surface area contributed by atoms with Crippen LogP contribution in [0.25, 0.3) is 0 Å². The van der Waals surface area contributed by atoms with Gasteiger partial charge in [-0.25, -0.2) is 0 Å². The smallest absolute Gasteiger partial charge is 0.127 e. The van der Waals surface area contributed by atoms with Crippen molar-refractivity contribution >= 4 is 18.0 Å². The van der Waals surface area contributed by atoms with Gasteiger partial charge in [-0.2, -0.15) is 0 Å². The first-order valence-corrected chi connectivity index (χ1v) is 5.44. The van der Waals surface area contributed by atoms with Gasteiger partial charge in [0, 0.05) is 10.8 Å². The van der Waals surface area contributed by atoms with Crippen LogP contribution >= 0.6 is 11.8 Å². The third kappa shape index (κ3) is 2.88. The van der Waals surface area contributed by atoms with Crippen LogP contribution < -0.4 is 0 Å². The largest absolute Gasteiger partial charge is 0.303 e. The average molecular weight is 194 g/mol. The number of thioether (sulfide) groups is 1. The van der Waals surface area contributed by atoms with Gasteiger partial charge in [0.1, 0.15) is 6.29 Å². The van der Waals surface area contributed by atoms with Crippen molar-refractivity contribution < 1.29 is 4.79 Å². The molecular formula is C11H14OS. The molecule has 0 aliphatic carbocycles. The highest BCUT2D eigenvalue weighted by atomic mass is 32.2. The fraction of sp³-hybridized carbons (Fsp3) is 0.364. The Labute approximate surface area is 83.5 Å². The third-order valence-electron chi connectivity index (χ3n) is 1.92. The highest BCUT2D eigenvalue weighted by Crippen LogP contribution is 2.20. The maximum atomic E-state index is 10.5. The van der Waals surface area contributed by atoms with E-state index in [1.165, 1.54) is 4.90 Å². The van der Waals surface area contributed by atoms with Gasteiger partial charge in [0.2, 0.25) is 0 Å². The minimum absolute atomic E-state index is 0.0145. The number of rotatable bonds is 4. The minimum Gasteiger partial charge on any atom is -0.303 e. The summed E-state index contributed by atoms with van der Waals surface area (Å²) >= 11 is 1.81. The first-order valence-electron chi connectivity index (χ1n) is 4.46. The molecule has 0 aliphatic rings. The Morgan fingerprint density at radius 3 is 2.46 bits per heavy atom. The summed E-state index contributed by atoms with van der Waals surface area (Å²) in [4.78, 5) is 11.8. The molecular weight excluding hydrogens is 180 g/mol. The van der Waals surface area contributed by atoms with Crippen molar-refractivity contribution in [2.75, 3.05) is 5.75 Å². The van der Waals surface area contributed by atoms with E-state index < -0.39 is 0 Å². The molecule has 70 valence electrons. The third-order valence-corrected chi connectivity index (χ3v) is 2.82. The lowest BCUT2D eigenvalue weighted by Gasteiger charge is -2.04. The van der Waals surface area contributed by atoms with Crippen LogP contribution in [-0.2, 0) is 4.79 Å². The summed E-state index contributed by atoms with van der Waals surface area (Å²) in [6.45, 7) is 4.04. The van der Waals surface area contributed by atoms with E-state index in [0.29, 0.717) is 0 Å². The Morgan fingerprint density at radius 2 is 2.00 bits per heavy atom. The molecule has 1 aromatic rings. The predicted molar refractivity (Wildman–Crippen MR) is 57.3 cm³/mol. The van der Waals surface area contributed by atoms with Gasteiger partial charge < -0.3 is 4.79 Å². The summed E-state index contributed by atoms with van der Waals surface area (Å²) in [6.07, 6.45) is 0.974. The van der Waals surface area contributed by atoms with E-state index in [2.05, 4.69) is 19.1 Å². The van der Waals surface area contributed by atoms with Gasteiger partial charge in [0.25, 0.3) is 0 Å². The van der Waals surface area contributed by atoms with E-state index in [1.54, 1.807) is 0 Å². The molecule has 0 N–H and O–H groups in total. The molecule has 0 fully saturated rings. The van der Waals surface area contributed by atoms with E-state index in [1.807, 2.05) is 30.8 Å². The summed E-state index contributed by atoms with van der Waals surface area (Å²) in [6, 6.07) is 8.20. The monoisotopic (exact) mass is 194 g/mol. The molecule has 0 aliphatic heterocycles. The molecule has 2 heteroatoms. The summed E-state index contributed by atoms with van der Waals surface area (Å²) in [5.41, 5.74) is 1.09. The number of aldehydes is 1. The van der Waals surface area contributed by atoms with E-state index in [0.717, 1.165) is 17.6 Å². The lowest BCUT2D eigenvalue weighted by molar-refractivity contribution is -0.108. The Bertz CT molecular complexity index is 266. The second-order valence-corrected chi connectivity index (χ2v) is 4.26. The Morgan fingerprint density at radius 1 is 1.38 bits per heavy atom. The standard InChI is InChI=1S/C11H14OS/c1-3-13-11-6-4-10(5-7-11)9(2)8-12/h4-9H,3H2,1-2H3. The molecule has 0 saturated carbocycles. The Balaban J connectivity index is 2.74. The zero-order chi connectivity index (χ0) is 9.68. The minimum atomic E-state index is 0.0145. The van der Waals surface area contributed by atoms with Gasteiger partial charge in [-0.3, -0.25) is 0 Å². The van der Waals surface area contributed by atoms with E-state index in [9.17, 15) is 4.79 Å². The molecule has 1 aromatic carbocycles. The zero-order valence-electron chi connectivity index (χ0n) is 7.99. The normalized spacial score (nSPS) is 12.5. The predicted octanol–water partition coefficient (Wildman–Crippen LogP) is 3.10. The van der Waals surface area contributed by atoms with Gasteiger partial charge in [-0.1, -0.05) is 26.0 Å². The molecule has 13 heavy (non-hydrogen) atoms. The SMILES string of the molecule is CCSc1ccc(C(C)C=O)cc1. The maximum absolute atomic E-state index is 10.5. The summed E-state index contributed by atoms with van der Waals surface area (Å²) in [5, 5.41) is 0. The van der Waals surface area contributed by atoms with Crippen LogP contribution in [0.5, 0.6) is 0 Å². The van der Waals surface area contributed by atoms with Gasteiger partial charge in [-0.05, 0) is 23.4 Å². The van der Waals surface area contributed by atoms with Crippen LogP contribution in [0.4, 0.5) is 0 Å². The van der Waals surface area contributed by atoms with Gasteiger partial charge in [0.15, 0.2) is 0 Å². The molecule has 1 rings (SSSR count). The molecule has 1 unspecified atom stereocenters. The van der Waals surface area contributed by atoms with Crippen molar-refractivity contribution in [1.29, 1.82) is 0 Å². The summed E-state index contributed by atoms with van der Waals surface area (Å²) in [7, 11) is 0. The van der Waals surface area contributed by atoms with Crippen molar-refractivity contribution in [2.45, 2.75) is 24.7 Å². The van der Waals surface area contributed by atoms with Crippen LogP contribution in [-0.4, -0.2) is 12.0 Å². The number of benzene rings is 1. The molecule has 0 radical (unpaired) electrons. The summed E-state index contributed by atoms with van der Waals surface area (Å²) < 4.78 is 0. The van der Waals surface area contributed by atoms with Crippen molar-refractivity contribution in [3.63, 3.8) is 0 Å². The van der Waals surface area contributed by atoms with Gasteiger partial charge in [-0.15, -0.1) is 11.8 Å². The fourth-order valence-electron chi connectivity index (χ4n) is 1.11. The number of carbonyl (C=O) groups is 1. The second-order valence-electron chi connectivity index (χ2n) is 2.93. The van der Waals surface area contributed by atoms with Crippen molar-refractivity contribution in [3.8, 4) is 0 Å². The highest BCUT2D eigenvalue weighted by molar-refractivity contribution is 7.99. The molecule has 0 saturated heterocycles. The van der Waals surface area contributed by atoms with Gasteiger partial charge in [0.05, 0.1) is 0 Å². The molecule has 0 bridgehead atoms. The topological polar surface area (TPSA) is 17.1 Å². The molecule has 1 nitrogen and oxygen atoms in total. The molecule has 0 spiro atoms. The van der Waals surface area contributed by atoms with Crippen LogP contribution in [0, 0.1) is 0 Å². The van der Waals surface area contributed by atoms with Crippen molar-refractivity contribution in [1.82, 2.24) is 0 Å². The highest BCUT2D eigenvalue weighted by Gasteiger charge is 2.02. The lowest BCUT2D eigenvalue weighted by atomic mass is 10.0. The molecule has 1 atom stereocenters. The van der Waals surface area contributed by atoms with Gasteiger partial charge >= 0.3 is 0 Å². The maximum Gasteiger partial charge on any atom is 0.127 e. The first-order chi connectivity index (χ1) is 6.27. The fourth-order valence-corrected chi connectivity index (χ4v) is 1.77. The van der Waals surface area contributed by atoms with Crippen LogP contribution in [0.2, 0.25) is 0 Å². The zero-order valence-corrected chi connectivity index (χ0v) is 8.80. The van der Waals surface area contributed by atoms with Crippen molar-refractivity contribution in [2.24, 2.45) is 0 Å². The molecule has 0 heterocycles. The second kappa shape index (κ2) is 5.07. The van der Waals surface area contributed by atoms with E-state index >= 15 is 0 Å². The van der Waals surface area contributed by atoms with Crippen LogP contribution in [0.3, 0.4) is 0 Å². The lowest BCUT2D eigenvalue weighted by Crippen LogP contribution is -1.93. The number of hydrogen-bond donors (Lipinski definition) is 0. The summed E-state index contributed by atoms with van der Waals surface area (Å²) in [5.74, 6) is 1.10. The molecule has 0 aromatic heterocycles. The van der Waals surface area contributed by atoms with Crippen LogP contribution in [0.1, 0.15) is 25.3 Å². The van der Waals surface area contributed by atoms with E-state index in [-0.39, 0.29) is 5.92 Å². The van der Waals surface area contributed by atoms with Crippen molar-refractivity contribution in [3.05, 3.63) is 29.8 Å². The number of hydrogen-bond acceptors (Lipinski definition) is 2. The first kappa shape index (κ1) is 10.3. The quantitative estimate of drug-likeness (QED) is 0.541. The average Bonchev–Trinajstić information content (AvgIpc) is 2.18. The Hall–Kier alpha value is -0.760. The van der Waals surface area contributed by atoms with E-state index in [4.69, 9.17) is 0 Å². The van der Waals surface area contributed by atoms with Crippen LogP contribution in [0.15, 0.2) is 29.2 Å². The number of carbonyl (C=O) groups excluding carboxylic acids is 1. The molecule has 0 amide bonds. The Kier molecular flexibility index (Phi) is 4.03.